The van der Waals surface area contributed by atoms with Crippen LogP contribution in [0.5, 0.6) is 0 Å². The summed E-state index contributed by atoms with van der Waals surface area (Å²) in [6.45, 7) is 5.11. The molecule has 0 N–H and O–H groups in total. The highest BCUT2D eigenvalue weighted by atomic mass is 35.5. The normalized spacial score (nSPS) is 15.7. The molecular formula is C12H16ClN3O2. The summed E-state index contributed by atoms with van der Waals surface area (Å²) in [5.74, 6) is 0. The molecule has 1 saturated heterocycles. The van der Waals surface area contributed by atoms with E-state index in [4.69, 9.17) is 16.3 Å². The van der Waals surface area contributed by atoms with Gasteiger partial charge in [-0.1, -0.05) is 11.6 Å². The molecule has 1 aromatic heterocycles. The second-order valence-electron chi connectivity index (χ2n) is 4.01. The van der Waals surface area contributed by atoms with Crippen LogP contribution in [0.3, 0.4) is 0 Å². The van der Waals surface area contributed by atoms with Crippen LogP contribution in [0.25, 0.3) is 0 Å². The summed E-state index contributed by atoms with van der Waals surface area (Å²) >= 11 is 5.86. The number of halogens is 1. The molecule has 1 fully saturated rings. The van der Waals surface area contributed by atoms with Crippen LogP contribution in [0.2, 0.25) is 5.15 Å². The number of hydrogen-bond acceptors (Lipinski definition) is 4. The summed E-state index contributed by atoms with van der Waals surface area (Å²) in [4.78, 5) is 19.4. The van der Waals surface area contributed by atoms with Crippen molar-refractivity contribution >= 4 is 23.4 Å². The van der Waals surface area contributed by atoms with Crippen LogP contribution < -0.4 is 4.90 Å². The lowest BCUT2D eigenvalue weighted by Crippen LogP contribution is -2.49. The molecule has 1 amide bonds. The molecule has 1 aliphatic rings. The molecular weight excluding hydrogens is 254 g/mol. The van der Waals surface area contributed by atoms with Crippen molar-refractivity contribution in [2.75, 3.05) is 37.7 Å². The lowest BCUT2D eigenvalue weighted by atomic mass is 10.3. The Morgan fingerprint density at radius 2 is 2.17 bits per heavy atom. The van der Waals surface area contributed by atoms with E-state index in [1.807, 2.05) is 19.1 Å². The topological polar surface area (TPSA) is 45.7 Å². The predicted molar refractivity (Wildman–Crippen MR) is 70.1 cm³/mol. The number of anilines is 1. The Hall–Kier alpha value is -1.49. The Balaban J connectivity index is 1.92. The Bertz CT molecular complexity index is 420. The molecule has 0 aliphatic carbocycles. The summed E-state index contributed by atoms with van der Waals surface area (Å²) in [6.07, 6.45) is 1.46. The average molecular weight is 270 g/mol. The van der Waals surface area contributed by atoms with Gasteiger partial charge in [0.1, 0.15) is 5.15 Å². The van der Waals surface area contributed by atoms with E-state index < -0.39 is 0 Å². The maximum Gasteiger partial charge on any atom is 0.409 e. The van der Waals surface area contributed by atoms with Gasteiger partial charge in [-0.15, -0.1) is 0 Å². The summed E-state index contributed by atoms with van der Waals surface area (Å²) in [6, 6.07) is 3.76. The number of nitrogens with zero attached hydrogens (tertiary/aromatic N) is 3. The zero-order valence-electron chi connectivity index (χ0n) is 10.3. The number of hydrogen-bond donors (Lipinski definition) is 0. The minimum Gasteiger partial charge on any atom is -0.450 e. The van der Waals surface area contributed by atoms with E-state index in [1.165, 1.54) is 0 Å². The molecule has 0 radical (unpaired) electrons. The molecule has 0 spiro atoms. The zero-order chi connectivity index (χ0) is 13.0. The van der Waals surface area contributed by atoms with Gasteiger partial charge in [-0.25, -0.2) is 9.78 Å². The molecule has 1 aliphatic heterocycles. The van der Waals surface area contributed by atoms with Crippen LogP contribution in [-0.2, 0) is 4.74 Å². The third-order valence-electron chi connectivity index (χ3n) is 2.88. The summed E-state index contributed by atoms with van der Waals surface area (Å²) < 4.78 is 4.98. The fourth-order valence-corrected chi connectivity index (χ4v) is 2.12. The molecule has 1 aromatic rings. The highest BCUT2D eigenvalue weighted by molar-refractivity contribution is 6.29. The van der Waals surface area contributed by atoms with E-state index in [0.717, 1.165) is 18.8 Å². The monoisotopic (exact) mass is 269 g/mol. The Kier molecular flexibility index (Phi) is 4.25. The van der Waals surface area contributed by atoms with E-state index >= 15 is 0 Å². The highest BCUT2D eigenvalue weighted by Gasteiger charge is 2.22. The molecule has 2 rings (SSSR count). The van der Waals surface area contributed by atoms with Crippen molar-refractivity contribution in [1.82, 2.24) is 9.88 Å². The van der Waals surface area contributed by atoms with Gasteiger partial charge in [-0.05, 0) is 19.1 Å². The number of carbonyl (C=O) groups is 1. The van der Waals surface area contributed by atoms with Gasteiger partial charge in [0.05, 0.1) is 6.61 Å². The first-order chi connectivity index (χ1) is 8.70. The average Bonchev–Trinajstić information content (AvgIpc) is 2.39. The van der Waals surface area contributed by atoms with E-state index in [1.54, 1.807) is 11.1 Å². The number of aromatic nitrogens is 1. The Labute approximate surface area is 111 Å². The molecule has 0 saturated carbocycles. The molecule has 0 unspecified atom stereocenters. The van der Waals surface area contributed by atoms with Gasteiger partial charge in [0, 0.05) is 38.1 Å². The summed E-state index contributed by atoms with van der Waals surface area (Å²) in [5, 5.41) is 0.486. The van der Waals surface area contributed by atoms with Crippen LogP contribution in [0, 0.1) is 0 Å². The molecule has 6 heteroatoms. The molecule has 5 nitrogen and oxygen atoms in total. The van der Waals surface area contributed by atoms with Crippen molar-refractivity contribution in [1.29, 1.82) is 0 Å². The van der Waals surface area contributed by atoms with E-state index in [9.17, 15) is 4.79 Å². The first kappa shape index (κ1) is 13.0. The summed E-state index contributed by atoms with van der Waals surface area (Å²) in [7, 11) is 0. The fourth-order valence-electron chi connectivity index (χ4n) is 1.95. The molecule has 0 bridgehead atoms. The van der Waals surface area contributed by atoms with Gasteiger partial charge >= 0.3 is 6.09 Å². The first-order valence-electron chi connectivity index (χ1n) is 5.99. The molecule has 0 aromatic carbocycles. The second-order valence-corrected chi connectivity index (χ2v) is 4.40. The predicted octanol–water partition coefficient (Wildman–Crippen LogP) is 2.01. The van der Waals surface area contributed by atoms with Crippen molar-refractivity contribution in [2.45, 2.75) is 6.92 Å². The maximum atomic E-state index is 11.5. The van der Waals surface area contributed by atoms with Crippen molar-refractivity contribution in [3.05, 3.63) is 23.5 Å². The number of amides is 1. The number of piperazine rings is 1. The molecule has 0 atom stereocenters. The SMILES string of the molecule is CCOC(=O)N1CCN(c2ccnc(Cl)c2)CC1. The standard InChI is InChI=1S/C12H16ClN3O2/c1-2-18-12(17)16-7-5-15(6-8-16)10-3-4-14-11(13)9-10/h3-4,9H,2,5-8H2,1H3. The van der Waals surface area contributed by atoms with Crippen LogP contribution in [0.1, 0.15) is 6.92 Å². The lowest BCUT2D eigenvalue weighted by molar-refractivity contribution is 0.105. The fraction of sp³-hybridized carbons (Fsp3) is 0.500. The van der Waals surface area contributed by atoms with E-state index in [0.29, 0.717) is 24.8 Å². The van der Waals surface area contributed by atoms with Crippen molar-refractivity contribution in [2.24, 2.45) is 0 Å². The van der Waals surface area contributed by atoms with Crippen LogP contribution >= 0.6 is 11.6 Å². The number of ether oxygens (including phenoxy) is 1. The van der Waals surface area contributed by atoms with Gasteiger partial charge in [-0.2, -0.15) is 0 Å². The first-order valence-corrected chi connectivity index (χ1v) is 6.36. The second kappa shape index (κ2) is 5.91. The third-order valence-corrected chi connectivity index (χ3v) is 3.09. The van der Waals surface area contributed by atoms with Crippen molar-refractivity contribution in [3.8, 4) is 0 Å². The number of pyridine rings is 1. The van der Waals surface area contributed by atoms with Gasteiger partial charge in [0.15, 0.2) is 0 Å². The van der Waals surface area contributed by atoms with Crippen LogP contribution in [0.4, 0.5) is 10.5 Å². The van der Waals surface area contributed by atoms with Crippen LogP contribution in [0.15, 0.2) is 18.3 Å². The van der Waals surface area contributed by atoms with Gasteiger partial charge in [0.2, 0.25) is 0 Å². The Morgan fingerprint density at radius 3 is 2.78 bits per heavy atom. The molecule has 18 heavy (non-hydrogen) atoms. The van der Waals surface area contributed by atoms with E-state index in [-0.39, 0.29) is 6.09 Å². The van der Waals surface area contributed by atoms with Gasteiger partial charge in [-0.3, -0.25) is 0 Å². The third kappa shape index (κ3) is 3.04. The largest absolute Gasteiger partial charge is 0.450 e. The Morgan fingerprint density at radius 1 is 1.44 bits per heavy atom. The zero-order valence-corrected chi connectivity index (χ0v) is 11.1. The van der Waals surface area contributed by atoms with Crippen LogP contribution in [-0.4, -0.2) is 48.8 Å². The molecule has 2 heterocycles. The minimum absolute atomic E-state index is 0.232. The number of carbonyl (C=O) groups excluding carboxylic acids is 1. The minimum atomic E-state index is -0.232. The maximum absolute atomic E-state index is 11.5. The van der Waals surface area contributed by atoms with Crippen molar-refractivity contribution in [3.63, 3.8) is 0 Å². The number of rotatable bonds is 2. The molecule has 98 valence electrons. The smallest absolute Gasteiger partial charge is 0.409 e. The highest BCUT2D eigenvalue weighted by Crippen LogP contribution is 2.19. The quantitative estimate of drug-likeness (QED) is 0.771. The van der Waals surface area contributed by atoms with E-state index in [2.05, 4.69) is 9.88 Å². The van der Waals surface area contributed by atoms with Gasteiger partial charge < -0.3 is 14.5 Å². The lowest BCUT2D eigenvalue weighted by Gasteiger charge is -2.35. The van der Waals surface area contributed by atoms with Crippen molar-refractivity contribution < 1.29 is 9.53 Å². The summed E-state index contributed by atoms with van der Waals surface area (Å²) in [5.41, 5.74) is 1.04. The van der Waals surface area contributed by atoms with Gasteiger partial charge in [0.25, 0.3) is 0 Å².